The second-order valence-electron chi connectivity index (χ2n) is 5.32. The van der Waals surface area contributed by atoms with Crippen LogP contribution in [0.25, 0.3) is 11.4 Å². The molecule has 8 heteroatoms. The van der Waals surface area contributed by atoms with Crippen molar-refractivity contribution in [2.75, 3.05) is 12.9 Å². The molecule has 0 N–H and O–H groups in total. The third kappa shape index (κ3) is 3.57. The quantitative estimate of drug-likeness (QED) is 0.477. The molecular weight excluding hydrogens is 362 g/mol. The Morgan fingerprint density at radius 2 is 2.16 bits per heavy atom. The Morgan fingerprint density at radius 3 is 2.80 bits per heavy atom. The predicted octanol–water partition coefficient (Wildman–Crippen LogP) is 4.02. The molecule has 3 aromatic rings. The van der Waals surface area contributed by atoms with Crippen LogP contribution in [-0.4, -0.2) is 33.4 Å². The molecule has 0 bridgehead atoms. The second kappa shape index (κ2) is 7.33. The molecule has 0 spiro atoms. The number of hydrogen-bond donors (Lipinski definition) is 0. The lowest BCUT2D eigenvalue weighted by Crippen LogP contribution is -2.04. The first-order chi connectivity index (χ1) is 12.0. The number of aromatic nitrogens is 3. The SMILES string of the molecule is COc1ccc(C(=O)CSc2nnc(-c3ccoc3C)n2C)cc1Cl. The first-order valence-corrected chi connectivity index (χ1v) is 8.81. The highest BCUT2D eigenvalue weighted by molar-refractivity contribution is 7.99. The van der Waals surface area contributed by atoms with E-state index in [1.165, 1.54) is 18.9 Å². The number of rotatable bonds is 6. The summed E-state index contributed by atoms with van der Waals surface area (Å²) in [4.78, 5) is 12.4. The number of ketones is 1. The highest BCUT2D eigenvalue weighted by atomic mass is 35.5. The van der Waals surface area contributed by atoms with Crippen LogP contribution in [0.15, 0.2) is 40.1 Å². The molecule has 0 aliphatic carbocycles. The molecule has 0 radical (unpaired) electrons. The minimum Gasteiger partial charge on any atom is -0.495 e. The zero-order valence-corrected chi connectivity index (χ0v) is 15.5. The average Bonchev–Trinajstić information content (AvgIpc) is 3.18. The number of halogens is 1. The van der Waals surface area contributed by atoms with Crippen LogP contribution in [0.5, 0.6) is 5.75 Å². The van der Waals surface area contributed by atoms with E-state index < -0.39 is 0 Å². The van der Waals surface area contributed by atoms with Gasteiger partial charge in [-0.15, -0.1) is 10.2 Å². The van der Waals surface area contributed by atoms with Crippen LogP contribution in [0.3, 0.4) is 0 Å². The Morgan fingerprint density at radius 1 is 1.36 bits per heavy atom. The van der Waals surface area contributed by atoms with Gasteiger partial charge in [-0.25, -0.2) is 0 Å². The molecule has 0 atom stereocenters. The van der Waals surface area contributed by atoms with Crippen LogP contribution in [0.4, 0.5) is 0 Å². The lowest BCUT2D eigenvalue weighted by molar-refractivity contribution is 0.102. The number of Topliss-reactive ketones (excluding diaryl/α,β-unsaturated/α-hetero) is 1. The van der Waals surface area contributed by atoms with E-state index in [2.05, 4.69) is 10.2 Å². The molecule has 25 heavy (non-hydrogen) atoms. The van der Waals surface area contributed by atoms with Gasteiger partial charge in [0.05, 0.1) is 29.7 Å². The van der Waals surface area contributed by atoms with Gasteiger partial charge in [0, 0.05) is 12.6 Å². The number of aryl methyl sites for hydroxylation is 1. The number of thioether (sulfide) groups is 1. The Bertz CT molecular complexity index is 920. The van der Waals surface area contributed by atoms with Crippen molar-refractivity contribution in [3.05, 3.63) is 46.9 Å². The van der Waals surface area contributed by atoms with Gasteiger partial charge >= 0.3 is 0 Å². The first-order valence-electron chi connectivity index (χ1n) is 7.44. The summed E-state index contributed by atoms with van der Waals surface area (Å²) in [7, 11) is 3.39. The van der Waals surface area contributed by atoms with Crippen molar-refractivity contribution < 1.29 is 13.9 Å². The summed E-state index contributed by atoms with van der Waals surface area (Å²) in [5, 5.41) is 9.42. The third-order valence-corrected chi connectivity index (χ3v) is 5.06. The standard InChI is InChI=1S/C17H16ClN3O3S/c1-10-12(6-7-24-10)16-19-20-17(21(16)2)25-9-14(22)11-4-5-15(23-3)13(18)8-11/h4-8H,9H2,1-3H3. The maximum Gasteiger partial charge on any atom is 0.191 e. The molecule has 0 unspecified atom stereocenters. The van der Waals surface area contributed by atoms with E-state index >= 15 is 0 Å². The Labute approximate surface area is 154 Å². The molecule has 0 amide bonds. The van der Waals surface area contributed by atoms with Crippen molar-refractivity contribution in [2.45, 2.75) is 12.1 Å². The average molecular weight is 378 g/mol. The van der Waals surface area contributed by atoms with E-state index in [-0.39, 0.29) is 11.5 Å². The summed E-state index contributed by atoms with van der Waals surface area (Å²) in [6, 6.07) is 6.84. The van der Waals surface area contributed by atoms with Gasteiger partial charge in [-0.1, -0.05) is 23.4 Å². The lowest BCUT2D eigenvalue weighted by Gasteiger charge is -2.06. The Hall–Kier alpha value is -2.25. The van der Waals surface area contributed by atoms with Crippen LogP contribution in [0.2, 0.25) is 5.02 Å². The van der Waals surface area contributed by atoms with Gasteiger partial charge in [-0.05, 0) is 31.2 Å². The molecule has 2 heterocycles. The number of hydrogen-bond acceptors (Lipinski definition) is 6. The summed E-state index contributed by atoms with van der Waals surface area (Å²) in [6.07, 6.45) is 1.61. The van der Waals surface area contributed by atoms with Crippen LogP contribution < -0.4 is 4.74 Å². The summed E-state index contributed by atoms with van der Waals surface area (Å²) < 4.78 is 12.2. The molecule has 130 valence electrons. The lowest BCUT2D eigenvalue weighted by atomic mass is 10.1. The van der Waals surface area contributed by atoms with Crippen molar-refractivity contribution in [1.82, 2.24) is 14.8 Å². The van der Waals surface area contributed by atoms with Gasteiger partial charge in [-0.3, -0.25) is 4.79 Å². The van der Waals surface area contributed by atoms with Gasteiger partial charge in [0.25, 0.3) is 0 Å². The Balaban J connectivity index is 1.72. The van der Waals surface area contributed by atoms with Gasteiger partial charge in [0.15, 0.2) is 16.8 Å². The maximum atomic E-state index is 12.4. The fourth-order valence-electron chi connectivity index (χ4n) is 2.35. The second-order valence-corrected chi connectivity index (χ2v) is 6.67. The summed E-state index contributed by atoms with van der Waals surface area (Å²) in [6.45, 7) is 1.87. The topological polar surface area (TPSA) is 70.2 Å². The monoisotopic (exact) mass is 377 g/mol. The van der Waals surface area contributed by atoms with E-state index in [9.17, 15) is 4.79 Å². The van der Waals surface area contributed by atoms with Crippen LogP contribution in [-0.2, 0) is 7.05 Å². The zero-order chi connectivity index (χ0) is 18.0. The summed E-state index contributed by atoms with van der Waals surface area (Å²) >= 11 is 7.40. The first kappa shape index (κ1) is 17.6. The molecule has 6 nitrogen and oxygen atoms in total. The molecule has 0 saturated carbocycles. The predicted molar refractivity (Wildman–Crippen MR) is 96.5 cm³/mol. The minimum absolute atomic E-state index is 0.0430. The van der Waals surface area contributed by atoms with Crippen LogP contribution in [0.1, 0.15) is 16.1 Å². The van der Waals surface area contributed by atoms with E-state index in [0.717, 1.165) is 11.3 Å². The number of ether oxygens (including phenoxy) is 1. The number of carbonyl (C=O) groups excluding carboxylic acids is 1. The van der Waals surface area contributed by atoms with Crippen molar-refractivity contribution in [3.63, 3.8) is 0 Å². The summed E-state index contributed by atoms with van der Waals surface area (Å²) in [5.41, 5.74) is 1.42. The fourth-order valence-corrected chi connectivity index (χ4v) is 3.41. The third-order valence-electron chi connectivity index (χ3n) is 3.74. The highest BCUT2D eigenvalue weighted by Gasteiger charge is 2.16. The largest absolute Gasteiger partial charge is 0.495 e. The van der Waals surface area contributed by atoms with Gasteiger partial charge < -0.3 is 13.7 Å². The van der Waals surface area contributed by atoms with Crippen molar-refractivity contribution >= 4 is 29.1 Å². The van der Waals surface area contributed by atoms with E-state index in [0.29, 0.717) is 27.3 Å². The molecule has 1 aromatic carbocycles. The van der Waals surface area contributed by atoms with Crippen molar-refractivity contribution in [1.29, 1.82) is 0 Å². The number of furan rings is 1. The summed E-state index contributed by atoms with van der Waals surface area (Å²) in [5.74, 6) is 2.21. The maximum absolute atomic E-state index is 12.4. The molecular formula is C17H16ClN3O3S. The number of methoxy groups -OCH3 is 1. The fraction of sp³-hybridized carbons (Fsp3) is 0.235. The van der Waals surface area contributed by atoms with Crippen LogP contribution in [0, 0.1) is 6.92 Å². The molecule has 0 fully saturated rings. The van der Waals surface area contributed by atoms with E-state index in [1.54, 1.807) is 24.5 Å². The normalized spacial score (nSPS) is 10.9. The minimum atomic E-state index is -0.0430. The molecule has 2 aromatic heterocycles. The Kier molecular flexibility index (Phi) is 5.15. The van der Waals surface area contributed by atoms with Crippen molar-refractivity contribution in [2.24, 2.45) is 7.05 Å². The molecule has 0 aliphatic heterocycles. The van der Waals surface area contributed by atoms with Gasteiger partial charge in [0.1, 0.15) is 11.5 Å². The van der Waals surface area contributed by atoms with E-state index in [4.69, 9.17) is 20.8 Å². The highest BCUT2D eigenvalue weighted by Crippen LogP contribution is 2.28. The molecule has 3 rings (SSSR count). The number of nitrogens with zero attached hydrogens (tertiary/aromatic N) is 3. The zero-order valence-electron chi connectivity index (χ0n) is 13.9. The number of benzene rings is 1. The smallest absolute Gasteiger partial charge is 0.191 e. The van der Waals surface area contributed by atoms with Gasteiger partial charge in [0.2, 0.25) is 0 Å². The molecule has 0 aliphatic rings. The van der Waals surface area contributed by atoms with Crippen molar-refractivity contribution in [3.8, 4) is 17.1 Å². The number of carbonyl (C=O) groups is 1. The van der Waals surface area contributed by atoms with Crippen LogP contribution >= 0.6 is 23.4 Å². The molecule has 0 saturated heterocycles. The van der Waals surface area contributed by atoms with Gasteiger partial charge in [-0.2, -0.15) is 0 Å². The van der Waals surface area contributed by atoms with E-state index in [1.807, 2.05) is 24.6 Å².